The molecule has 0 aliphatic heterocycles. The normalized spacial score (nSPS) is 10.7. The number of aryl methyl sites for hydroxylation is 2. The summed E-state index contributed by atoms with van der Waals surface area (Å²) in [6.07, 6.45) is 1.90. The Kier molecular flexibility index (Phi) is 2.99. The molecule has 0 unspecified atom stereocenters. The molecular weight excluding hydrogens is 250 g/mol. The number of nitrogens with one attached hydrogen (secondary N) is 1. The van der Waals surface area contributed by atoms with Crippen molar-refractivity contribution in [3.63, 3.8) is 0 Å². The molecule has 0 aliphatic carbocycles. The lowest BCUT2D eigenvalue weighted by molar-refractivity contribution is 0.102. The highest BCUT2D eigenvalue weighted by molar-refractivity contribution is 6.07. The highest BCUT2D eigenvalue weighted by atomic mass is 16.1. The summed E-state index contributed by atoms with van der Waals surface area (Å²) in [5, 5.41) is 2.88. The van der Waals surface area contributed by atoms with Crippen LogP contribution in [0.5, 0.6) is 0 Å². The number of hydrogen-bond donors (Lipinski definition) is 1. The maximum atomic E-state index is 12.3. The zero-order chi connectivity index (χ0) is 14.1. The SMILES string of the molecule is Cc1ccc(NC(=O)c2nc(C)n3ccccc23)cc1. The van der Waals surface area contributed by atoms with Crippen molar-refractivity contribution in [1.82, 2.24) is 9.38 Å². The Morgan fingerprint density at radius 1 is 1.10 bits per heavy atom. The third-order valence-corrected chi connectivity index (χ3v) is 3.25. The van der Waals surface area contributed by atoms with E-state index in [0.717, 1.165) is 22.6 Å². The van der Waals surface area contributed by atoms with Gasteiger partial charge in [0.05, 0.1) is 5.52 Å². The molecule has 4 nitrogen and oxygen atoms in total. The molecule has 20 heavy (non-hydrogen) atoms. The molecule has 1 aromatic carbocycles. The summed E-state index contributed by atoms with van der Waals surface area (Å²) in [6.45, 7) is 3.90. The van der Waals surface area contributed by atoms with Gasteiger partial charge in [-0.25, -0.2) is 4.98 Å². The maximum Gasteiger partial charge on any atom is 0.276 e. The van der Waals surface area contributed by atoms with Crippen LogP contribution in [0.4, 0.5) is 5.69 Å². The van der Waals surface area contributed by atoms with Gasteiger partial charge in [0.1, 0.15) is 5.82 Å². The van der Waals surface area contributed by atoms with Gasteiger partial charge in [0.15, 0.2) is 5.69 Å². The lowest BCUT2D eigenvalue weighted by Gasteiger charge is -2.04. The molecule has 1 N–H and O–H groups in total. The van der Waals surface area contributed by atoms with Gasteiger partial charge in [0.25, 0.3) is 5.91 Å². The van der Waals surface area contributed by atoms with Crippen molar-refractivity contribution in [2.24, 2.45) is 0 Å². The zero-order valence-corrected chi connectivity index (χ0v) is 11.4. The van der Waals surface area contributed by atoms with E-state index >= 15 is 0 Å². The van der Waals surface area contributed by atoms with Crippen LogP contribution >= 0.6 is 0 Å². The van der Waals surface area contributed by atoms with E-state index in [1.807, 2.05) is 66.9 Å². The number of rotatable bonds is 2. The van der Waals surface area contributed by atoms with Crippen LogP contribution in [-0.2, 0) is 0 Å². The van der Waals surface area contributed by atoms with Crippen LogP contribution in [0.2, 0.25) is 0 Å². The van der Waals surface area contributed by atoms with Crippen molar-refractivity contribution in [2.75, 3.05) is 5.32 Å². The quantitative estimate of drug-likeness (QED) is 0.773. The van der Waals surface area contributed by atoms with Crippen molar-refractivity contribution in [2.45, 2.75) is 13.8 Å². The number of benzene rings is 1. The minimum absolute atomic E-state index is 0.189. The van der Waals surface area contributed by atoms with Crippen LogP contribution < -0.4 is 5.32 Å². The Bertz CT molecular complexity index is 772. The molecule has 2 aromatic heterocycles. The topological polar surface area (TPSA) is 46.4 Å². The third kappa shape index (κ3) is 2.16. The van der Waals surface area contributed by atoms with Gasteiger partial charge in [0.2, 0.25) is 0 Å². The molecule has 3 aromatic rings. The van der Waals surface area contributed by atoms with E-state index < -0.39 is 0 Å². The molecule has 0 atom stereocenters. The van der Waals surface area contributed by atoms with E-state index in [1.54, 1.807) is 0 Å². The number of carbonyl (C=O) groups excluding carboxylic acids is 1. The number of pyridine rings is 1. The number of aromatic nitrogens is 2. The van der Waals surface area contributed by atoms with Gasteiger partial charge in [-0.2, -0.15) is 0 Å². The number of nitrogens with zero attached hydrogens (tertiary/aromatic N) is 2. The van der Waals surface area contributed by atoms with Crippen molar-refractivity contribution in [1.29, 1.82) is 0 Å². The average molecular weight is 265 g/mol. The van der Waals surface area contributed by atoms with Crippen LogP contribution in [0.25, 0.3) is 5.52 Å². The molecular formula is C16H15N3O. The minimum atomic E-state index is -0.189. The van der Waals surface area contributed by atoms with Gasteiger partial charge in [-0.3, -0.25) is 4.79 Å². The zero-order valence-electron chi connectivity index (χ0n) is 11.4. The second-order valence-corrected chi connectivity index (χ2v) is 4.78. The van der Waals surface area contributed by atoms with E-state index in [1.165, 1.54) is 0 Å². The maximum absolute atomic E-state index is 12.3. The molecule has 0 saturated carbocycles. The monoisotopic (exact) mass is 265 g/mol. The van der Waals surface area contributed by atoms with Gasteiger partial charge in [-0.1, -0.05) is 23.8 Å². The molecule has 0 fully saturated rings. The highest BCUT2D eigenvalue weighted by Crippen LogP contribution is 2.15. The Balaban J connectivity index is 1.95. The summed E-state index contributed by atoms with van der Waals surface area (Å²) in [4.78, 5) is 16.7. The Morgan fingerprint density at radius 3 is 2.60 bits per heavy atom. The van der Waals surface area contributed by atoms with E-state index in [2.05, 4.69) is 10.3 Å². The van der Waals surface area contributed by atoms with Crippen LogP contribution in [-0.4, -0.2) is 15.3 Å². The van der Waals surface area contributed by atoms with Crippen LogP contribution in [0, 0.1) is 13.8 Å². The fourth-order valence-corrected chi connectivity index (χ4v) is 2.19. The molecule has 1 amide bonds. The first-order valence-corrected chi connectivity index (χ1v) is 6.47. The first-order chi connectivity index (χ1) is 9.65. The summed E-state index contributed by atoms with van der Waals surface area (Å²) >= 11 is 0. The van der Waals surface area contributed by atoms with E-state index in [-0.39, 0.29) is 5.91 Å². The smallest absolute Gasteiger partial charge is 0.276 e. The predicted octanol–water partition coefficient (Wildman–Crippen LogP) is 3.20. The first-order valence-electron chi connectivity index (χ1n) is 6.47. The van der Waals surface area contributed by atoms with E-state index in [4.69, 9.17) is 0 Å². The summed E-state index contributed by atoms with van der Waals surface area (Å²) in [5.74, 6) is 0.611. The second-order valence-electron chi connectivity index (χ2n) is 4.78. The molecule has 0 saturated heterocycles. The van der Waals surface area contributed by atoms with Crippen molar-refractivity contribution in [3.8, 4) is 0 Å². The second kappa shape index (κ2) is 4.81. The molecule has 100 valence electrons. The molecule has 4 heteroatoms. The number of hydrogen-bond acceptors (Lipinski definition) is 2. The summed E-state index contributed by atoms with van der Waals surface area (Å²) in [6, 6.07) is 13.4. The Morgan fingerprint density at radius 2 is 1.85 bits per heavy atom. The van der Waals surface area contributed by atoms with Gasteiger partial charge in [-0.15, -0.1) is 0 Å². The van der Waals surface area contributed by atoms with Crippen LogP contribution in [0.1, 0.15) is 21.9 Å². The van der Waals surface area contributed by atoms with E-state index in [9.17, 15) is 4.79 Å². The molecule has 3 rings (SSSR count). The largest absolute Gasteiger partial charge is 0.321 e. The number of fused-ring (bicyclic) bond motifs is 1. The lowest BCUT2D eigenvalue weighted by atomic mass is 10.2. The van der Waals surface area contributed by atoms with Gasteiger partial charge in [0, 0.05) is 11.9 Å². The third-order valence-electron chi connectivity index (χ3n) is 3.25. The molecule has 0 aliphatic rings. The summed E-state index contributed by atoms with van der Waals surface area (Å²) < 4.78 is 1.91. The highest BCUT2D eigenvalue weighted by Gasteiger charge is 2.15. The first kappa shape index (κ1) is 12.4. The van der Waals surface area contributed by atoms with Crippen molar-refractivity contribution in [3.05, 3.63) is 65.7 Å². The molecule has 0 radical (unpaired) electrons. The minimum Gasteiger partial charge on any atom is -0.321 e. The fourth-order valence-electron chi connectivity index (χ4n) is 2.19. The number of imidazole rings is 1. The average Bonchev–Trinajstić information content (AvgIpc) is 2.79. The fraction of sp³-hybridized carbons (Fsp3) is 0.125. The molecule has 0 bridgehead atoms. The van der Waals surface area contributed by atoms with Gasteiger partial charge in [-0.05, 0) is 38.1 Å². The Hall–Kier alpha value is -2.62. The lowest BCUT2D eigenvalue weighted by Crippen LogP contribution is -2.12. The van der Waals surface area contributed by atoms with E-state index in [0.29, 0.717) is 5.69 Å². The summed E-state index contributed by atoms with van der Waals surface area (Å²) in [5.41, 5.74) is 3.19. The van der Waals surface area contributed by atoms with Gasteiger partial charge >= 0.3 is 0 Å². The molecule has 2 heterocycles. The number of carbonyl (C=O) groups is 1. The standard InChI is InChI=1S/C16H15N3O/c1-11-6-8-13(9-7-11)18-16(20)15-14-5-3-4-10-19(14)12(2)17-15/h3-10H,1-2H3,(H,18,20). The number of amides is 1. The Labute approximate surface area is 117 Å². The van der Waals surface area contributed by atoms with Crippen molar-refractivity contribution < 1.29 is 4.79 Å². The number of anilines is 1. The van der Waals surface area contributed by atoms with Gasteiger partial charge < -0.3 is 9.72 Å². The molecule has 0 spiro atoms. The van der Waals surface area contributed by atoms with Crippen LogP contribution in [0.3, 0.4) is 0 Å². The van der Waals surface area contributed by atoms with Crippen molar-refractivity contribution >= 4 is 17.1 Å². The van der Waals surface area contributed by atoms with Crippen LogP contribution in [0.15, 0.2) is 48.7 Å². The predicted molar refractivity (Wildman–Crippen MR) is 79.1 cm³/mol. The summed E-state index contributed by atoms with van der Waals surface area (Å²) in [7, 11) is 0.